The van der Waals surface area contributed by atoms with Gasteiger partial charge in [-0.1, -0.05) is 0 Å². The zero-order valence-electron chi connectivity index (χ0n) is 14.2. The molecule has 4 N–H and O–H groups in total. The number of carbonyl (C=O) groups is 2. The third-order valence-electron chi connectivity index (χ3n) is 3.75. The van der Waals surface area contributed by atoms with E-state index in [4.69, 9.17) is 10.5 Å². The largest absolute Gasteiger partial charge is 0.364 e. The molecule has 0 saturated carbocycles. The van der Waals surface area contributed by atoms with Crippen LogP contribution in [-0.4, -0.2) is 72.4 Å². The lowest BCUT2D eigenvalue weighted by Gasteiger charge is -2.11. The van der Waals surface area contributed by atoms with Crippen LogP contribution in [0.5, 0.6) is 0 Å². The molecule has 2 rings (SSSR count). The van der Waals surface area contributed by atoms with Crippen molar-refractivity contribution < 1.29 is 14.3 Å². The second-order valence-electron chi connectivity index (χ2n) is 6.13. The normalized spacial score (nSPS) is 20.3. The van der Waals surface area contributed by atoms with Gasteiger partial charge in [-0.3, -0.25) is 14.3 Å². The smallest absolute Gasteiger partial charge is 0.253 e. The van der Waals surface area contributed by atoms with Gasteiger partial charge < -0.3 is 26.0 Å². The Hall–Kier alpha value is -1.97. The summed E-state index contributed by atoms with van der Waals surface area (Å²) in [5, 5.41) is 9.64. The lowest BCUT2D eigenvalue weighted by atomic mass is 10.2. The van der Waals surface area contributed by atoms with Gasteiger partial charge in [-0.15, -0.1) is 0 Å². The fourth-order valence-corrected chi connectivity index (χ4v) is 2.43. The van der Waals surface area contributed by atoms with Crippen molar-refractivity contribution in [3.8, 4) is 0 Å². The van der Waals surface area contributed by atoms with E-state index in [1.165, 1.54) is 10.9 Å². The molecule has 1 aliphatic rings. The Labute approximate surface area is 141 Å². The molecule has 1 aromatic heterocycles. The second kappa shape index (κ2) is 8.76. The summed E-state index contributed by atoms with van der Waals surface area (Å²) in [7, 11) is 3.89. The molecule has 0 spiro atoms. The van der Waals surface area contributed by atoms with Crippen molar-refractivity contribution in [3.63, 3.8) is 0 Å². The zero-order valence-corrected chi connectivity index (χ0v) is 14.2. The van der Waals surface area contributed by atoms with Crippen LogP contribution >= 0.6 is 0 Å². The molecule has 1 aromatic rings. The third-order valence-corrected chi connectivity index (χ3v) is 3.75. The van der Waals surface area contributed by atoms with Gasteiger partial charge in [-0.25, -0.2) is 0 Å². The van der Waals surface area contributed by atoms with Crippen LogP contribution in [0.3, 0.4) is 0 Å². The summed E-state index contributed by atoms with van der Waals surface area (Å²) in [6.07, 6.45) is 4.07. The van der Waals surface area contributed by atoms with E-state index < -0.39 is 6.10 Å². The summed E-state index contributed by atoms with van der Waals surface area (Å²) >= 11 is 0. The molecule has 0 aromatic carbocycles. The highest BCUT2D eigenvalue weighted by Crippen LogP contribution is 2.20. The van der Waals surface area contributed by atoms with Gasteiger partial charge in [-0.05, 0) is 26.9 Å². The number of nitrogens with one attached hydrogen (secondary N) is 2. The van der Waals surface area contributed by atoms with Crippen LogP contribution in [0, 0.1) is 0 Å². The van der Waals surface area contributed by atoms with Gasteiger partial charge in [-0.2, -0.15) is 5.10 Å². The average Bonchev–Trinajstić information content (AvgIpc) is 3.16. The van der Waals surface area contributed by atoms with Gasteiger partial charge in [0, 0.05) is 25.8 Å². The fraction of sp³-hybridized carbons (Fsp3) is 0.667. The van der Waals surface area contributed by atoms with Gasteiger partial charge in [0.15, 0.2) is 0 Å². The van der Waals surface area contributed by atoms with Crippen LogP contribution in [0.4, 0.5) is 5.69 Å². The number of nitrogens with zero attached hydrogens (tertiary/aromatic N) is 3. The number of aromatic nitrogens is 2. The van der Waals surface area contributed by atoms with Gasteiger partial charge in [0.25, 0.3) is 5.91 Å². The lowest BCUT2D eigenvalue weighted by molar-refractivity contribution is -0.126. The number of likely N-dealkylation sites (N-methyl/N-ethyl adjacent to an activating group) is 1. The fourth-order valence-electron chi connectivity index (χ4n) is 2.43. The number of hydrogen-bond acceptors (Lipinski definition) is 6. The predicted octanol–water partition coefficient (Wildman–Crippen LogP) is -0.994. The Morgan fingerprint density at radius 3 is 2.92 bits per heavy atom. The highest BCUT2D eigenvalue weighted by atomic mass is 16.5. The summed E-state index contributed by atoms with van der Waals surface area (Å²) in [5.41, 5.74) is 6.08. The SMILES string of the molecule is CN(C)CCNC(=O)Cn1cc(NC(=O)[C@@H]2CC[C@H](CN)O2)cn1. The molecule has 24 heavy (non-hydrogen) atoms. The number of amides is 2. The van der Waals surface area contributed by atoms with Crippen molar-refractivity contribution in [1.29, 1.82) is 0 Å². The standard InChI is InChI=1S/C15H26N6O3/c1-20(2)6-5-17-14(22)10-21-9-11(8-18-21)19-15(23)13-4-3-12(7-16)24-13/h8-9,12-13H,3-7,10,16H2,1-2H3,(H,17,22)(H,19,23)/t12-,13+/m1/s1. The van der Waals surface area contributed by atoms with E-state index >= 15 is 0 Å². The summed E-state index contributed by atoms with van der Waals surface area (Å²) in [5.74, 6) is -0.330. The van der Waals surface area contributed by atoms with E-state index in [2.05, 4.69) is 15.7 Å². The molecule has 0 aliphatic carbocycles. The molecule has 1 aliphatic heterocycles. The Morgan fingerprint density at radius 1 is 1.46 bits per heavy atom. The minimum Gasteiger partial charge on any atom is -0.364 e. The Morgan fingerprint density at radius 2 is 2.25 bits per heavy atom. The van der Waals surface area contributed by atoms with Crippen molar-refractivity contribution >= 4 is 17.5 Å². The first-order valence-corrected chi connectivity index (χ1v) is 8.08. The van der Waals surface area contributed by atoms with E-state index in [1.807, 2.05) is 19.0 Å². The van der Waals surface area contributed by atoms with Gasteiger partial charge in [0.05, 0.1) is 18.0 Å². The summed E-state index contributed by atoms with van der Waals surface area (Å²) < 4.78 is 7.03. The minimum atomic E-state index is -0.476. The third kappa shape index (κ3) is 5.59. The van der Waals surface area contributed by atoms with Gasteiger partial charge in [0.2, 0.25) is 5.91 Å². The van der Waals surface area contributed by atoms with Crippen LogP contribution in [0.15, 0.2) is 12.4 Å². The number of rotatable bonds is 8. The molecule has 1 saturated heterocycles. The molecule has 1 fully saturated rings. The first-order valence-electron chi connectivity index (χ1n) is 8.08. The molecule has 0 unspecified atom stereocenters. The van der Waals surface area contributed by atoms with E-state index in [1.54, 1.807) is 6.20 Å². The van der Waals surface area contributed by atoms with Crippen LogP contribution in [0.2, 0.25) is 0 Å². The van der Waals surface area contributed by atoms with E-state index in [-0.39, 0.29) is 24.5 Å². The van der Waals surface area contributed by atoms with Crippen molar-refractivity contribution in [3.05, 3.63) is 12.4 Å². The number of hydrogen-bond donors (Lipinski definition) is 3. The lowest BCUT2D eigenvalue weighted by Crippen LogP contribution is -2.33. The first kappa shape index (κ1) is 18.4. The maximum absolute atomic E-state index is 12.1. The summed E-state index contributed by atoms with van der Waals surface area (Å²) in [4.78, 5) is 25.9. The van der Waals surface area contributed by atoms with Crippen molar-refractivity contribution in [1.82, 2.24) is 20.0 Å². The van der Waals surface area contributed by atoms with Crippen molar-refractivity contribution in [2.24, 2.45) is 5.73 Å². The molecule has 2 amide bonds. The number of anilines is 1. The summed E-state index contributed by atoms with van der Waals surface area (Å²) in [6, 6.07) is 0. The highest BCUT2D eigenvalue weighted by Gasteiger charge is 2.30. The average molecular weight is 338 g/mol. The number of ether oxygens (including phenoxy) is 1. The monoisotopic (exact) mass is 338 g/mol. The minimum absolute atomic E-state index is 0.0469. The maximum atomic E-state index is 12.1. The predicted molar refractivity (Wildman–Crippen MR) is 89.4 cm³/mol. The van der Waals surface area contributed by atoms with Crippen molar-refractivity contribution in [2.75, 3.05) is 39.0 Å². The molecule has 0 radical (unpaired) electrons. The Kier molecular flexibility index (Phi) is 6.71. The second-order valence-corrected chi connectivity index (χ2v) is 6.13. The van der Waals surface area contributed by atoms with Crippen molar-refractivity contribution in [2.45, 2.75) is 31.6 Å². The maximum Gasteiger partial charge on any atom is 0.253 e. The molecule has 9 nitrogen and oxygen atoms in total. The van der Waals surface area contributed by atoms with Gasteiger partial charge in [0.1, 0.15) is 12.6 Å². The molecule has 0 bridgehead atoms. The Balaban J connectivity index is 1.76. The molecular formula is C15H26N6O3. The van der Waals surface area contributed by atoms with Crippen LogP contribution in [0.1, 0.15) is 12.8 Å². The first-order chi connectivity index (χ1) is 11.5. The zero-order chi connectivity index (χ0) is 17.5. The number of carbonyl (C=O) groups excluding carboxylic acids is 2. The van der Waals surface area contributed by atoms with E-state index in [0.29, 0.717) is 25.2 Å². The quantitative estimate of drug-likeness (QED) is 0.560. The van der Waals surface area contributed by atoms with Gasteiger partial charge >= 0.3 is 0 Å². The molecule has 2 heterocycles. The molecule has 9 heteroatoms. The summed E-state index contributed by atoms with van der Waals surface area (Å²) in [6.45, 7) is 1.89. The van der Waals surface area contributed by atoms with Crippen LogP contribution < -0.4 is 16.4 Å². The van der Waals surface area contributed by atoms with E-state index in [9.17, 15) is 9.59 Å². The molecule has 134 valence electrons. The van der Waals surface area contributed by atoms with Crippen LogP contribution in [-0.2, 0) is 20.9 Å². The van der Waals surface area contributed by atoms with Crippen LogP contribution in [0.25, 0.3) is 0 Å². The number of nitrogens with two attached hydrogens (primary N) is 1. The van der Waals surface area contributed by atoms with E-state index in [0.717, 1.165) is 13.0 Å². The molecule has 2 atom stereocenters. The highest BCUT2D eigenvalue weighted by molar-refractivity contribution is 5.94. The molecular weight excluding hydrogens is 312 g/mol. The Bertz CT molecular complexity index is 559. The topological polar surface area (TPSA) is 115 Å².